The molecular weight excluding hydrogens is 274 g/mol. The molecule has 0 spiro atoms. The minimum atomic E-state index is -1.17. The van der Waals surface area contributed by atoms with Gasteiger partial charge in [-0.3, -0.25) is 4.79 Å². The second kappa shape index (κ2) is 6.07. The minimum absolute atomic E-state index is 0.322. The van der Waals surface area contributed by atoms with Crippen LogP contribution in [0.5, 0.6) is 0 Å². The zero-order valence-electron chi connectivity index (χ0n) is 11.4. The molecule has 2 aromatic carbocycles. The number of carbonyl (C=O) groups excluding carboxylic acids is 1. The largest absolute Gasteiger partial charge is 0.380 e. The zero-order valence-corrected chi connectivity index (χ0v) is 12.1. The van der Waals surface area contributed by atoms with E-state index in [4.69, 9.17) is 11.6 Å². The monoisotopic (exact) mass is 289 g/mol. The van der Waals surface area contributed by atoms with Gasteiger partial charge in [-0.25, -0.2) is 0 Å². The Morgan fingerprint density at radius 2 is 1.60 bits per heavy atom. The van der Waals surface area contributed by atoms with Crippen LogP contribution in [0.15, 0.2) is 48.5 Å². The summed E-state index contributed by atoms with van der Waals surface area (Å²) in [5, 5.41) is 10.7. The van der Waals surface area contributed by atoms with Gasteiger partial charge >= 0.3 is 0 Å². The van der Waals surface area contributed by atoms with Crippen LogP contribution < -0.4 is 4.90 Å². The van der Waals surface area contributed by atoms with E-state index in [1.807, 2.05) is 31.1 Å². The van der Waals surface area contributed by atoms with E-state index in [9.17, 15) is 9.90 Å². The fourth-order valence-electron chi connectivity index (χ4n) is 1.88. The van der Waals surface area contributed by atoms with Crippen molar-refractivity contribution >= 4 is 23.1 Å². The third kappa shape index (κ3) is 3.18. The third-order valence-corrected chi connectivity index (χ3v) is 3.35. The van der Waals surface area contributed by atoms with Crippen LogP contribution in [0.25, 0.3) is 0 Å². The number of anilines is 1. The van der Waals surface area contributed by atoms with E-state index in [-0.39, 0.29) is 5.78 Å². The molecule has 104 valence electrons. The van der Waals surface area contributed by atoms with Gasteiger partial charge in [0.15, 0.2) is 5.78 Å². The highest BCUT2D eigenvalue weighted by atomic mass is 35.5. The molecule has 0 radical (unpaired) electrons. The van der Waals surface area contributed by atoms with Gasteiger partial charge in [0.25, 0.3) is 0 Å². The Morgan fingerprint density at radius 3 is 2.10 bits per heavy atom. The van der Waals surface area contributed by atoms with Crippen molar-refractivity contribution in [3.63, 3.8) is 0 Å². The van der Waals surface area contributed by atoms with E-state index >= 15 is 0 Å². The molecule has 0 aromatic heterocycles. The first-order valence-electron chi connectivity index (χ1n) is 6.24. The summed E-state index contributed by atoms with van der Waals surface area (Å²) in [6.45, 7) is 0. The van der Waals surface area contributed by atoms with Crippen molar-refractivity contribution in [3.8, 4) is 0 Å². The molecule has 0 heterocycles. The van der Waals surface area contributed by atoms with Crippen LogP contribution in [-0.4, -0.2) is 25.0 Å². The van der Waals surface area contributed by atoms with Crippen molar-refractivity contribution in [2.45, 2.75) is 6.10 Å². The summed E-state index contributed by atoms with van der Waals surface area (Å²) in [6.07, 6.45) is -1.17. The minimum Gasteiger partial charge on any atom is -0.380 e. The van der Waals surface area contributed by atoms with Gasteiger partial charge in [-0.2, -0.15) is 0 Å². The van der Waals surface area contributed by atoms with Crippen molar-refractivity contribution in [3.05, 3.63) is 64.7 Å². The molecule has 1 atom stereocenters. The summed E-state index contributed by atoms with van der Waals surface area (Å²) >= 11 is 5.79. The molecule has 3 nitrogen and oxygen atoms in total. The van der Waals surface area contributed by atoms with Gasteiger partial charge in [0.2, 0.25) is 0 Å². The molecule has 0 saturated carbocycles. The number of benzene rings is 2. The molecule has 0 bridgehead atoms. The maximum Gasteiger partial charge on any atom is 0.195 e. The molecule has 2 aromatic rings. The summed E-state index contributed by atoms with van der Waals surface area (Å²) in [6, 6.07) is 13.8. The Balaban J connectivity index is 2.20. The smallest absolute Gasteiger partial charge is 0.195 e. The number of aliphatic hydroxyl groups is 1. The number of nitrogens with zero attached hydrogens (tertiary/aromatic N) is 1. The Bertz CT molecular complexity index is 591. The molecule has 0 aliphatic carbocycles. The molecule has 0 fully saturated rings. The van der Waals surface area contributed by atoms with E-state index in [0.29, 0.717) is 16.1 Å². The fraction of sp³-hybridized carbons (Fsp3) is 0.188. The standard InChI is InChI=1S/C16H16ClNO2/c1-18(2)14-9-5-12(6-10-14)16(20)15(19)11-3-7-13(17)8-4-11/h3-10,15,19H,1-2H3/t15-/m1/s1. The van der Waals surface area contributed by atoms with Crippen molar-refractivity contribution in [1.29, 1.82) is 0 Å². The SMILES string of the molecule is CN(C)c1ccc(C(=O)[C@H](O)c2ccc(Cl)cc2)cc1. The second-order valence-electron chi connectivity index (χ2n) is 4.76. The zero-order chi connectivity index (χ0) is 14.7. The Hall–Kier alpha value is -1.84. The predicted molar refractivity (Wildman–Crippen MR) is 81.5 cm³/mol. The maximum absolute atomic E-state index is 12.2. The highest BCUT2D eigenvalue weighted by molar-refractivity contribution is 6.30. The lowest BCUT2D eigenvalue weighted by atomic mass is 10.00. The van der Waals surface area contributed by atoms with Crippen LogP contribution in [0, 0.1) is 0 Å². The van der Waals surface area contributed by atoms with Gasteiger partial charge in [0.1, 0.15) is 6.10 Å². The quantitative estimate of drug-likeness (QED) is 0.878. The van der Waals surface area contributed by atoms with E-state index in [1.54, 1.807) is 36.4 Å². The maximum atomic E-state index is 12.2. The van der Waals surface area contributed by atoms with Gasteiger partial charge in [-0.15, -0.1) is 0 Å². The van der Waals surface area contributed by atoms with Crippen LogP contribution in [0.2, 0.25) is 5.02 Å². The van der Waals surface area contributed by atoms with Crippen LogP contribution >= 0.6 is 11.6 Å². The molecule has 4 heteroatoms. The van der Waals surface area contributed by atoms with E-state index in [2.05, 4.69) is 0 Å². The van der Waals surface area contributed by atoms with Crippen molar-refractivity contribution < 1.29 is 9.90 Å². The van der Waals surface area contributed by atoms with Crippen LogP contribution in [0.1, 0.15) is 22.0 Å². The molecule has 2 rings (SSSR count). The number of carbonyl (C=O) groups is 1. The number of rotatable bonds is 4. The van der Waals surface area contributed by atoms with Crippen molar-refractivity contribution in [2.75, 3.05) is 19.0 Å². The lowest BCUT2D eigenvalue weighted by Gasteiger charge is -2.14. The summed E-state index contributed by atoms with van der Waals surface area (Å²) < 4.78 is 0. The number of hydrogen-bond acceptors (Lipinski definition) is 3. The average molecular weight is 290 g/mol. The predicted octanol–water partition coefficient (Wildman–Crippen LogP) is 3.32. The van der Waals surface area contributed by atoms with Gasteiger partial charge in [0, 0.05) is 30.4 Å². The summed E-state index contributed by atoms with van der Waals surface area (Å²) in [7, 11) is 3.86. The van der Waals surface area contributed by atoms with E-state index in [0.717, 1.165) is 5.69 Å². The summed E-state index contributed by atoms with van der Waals surface area (Å²) in [4.78, 5) is 14.2. The number of hydrogen-bond donors (Lipinski definition) is 1. The molecular formula is C16H16ClNO2. The molecule has 0 unspecified atom stereocenters. The summed E-state index contributed by atoms with van der Waals surface area (Å²) in [5.74, 6) is -0.322. The average Bonchev–Trinajstić information content (AvgIpc) is 2.46. The Labute approximate surface area is 123 Å². The second-order valence-corrected chi connectivity index (χ2v) is 5.20. The van der Waals surface area contributed by atoms with E-state index in [1.165, 1.54) is 0 Å². The molecule has 0 amide bonds. The van der Waals surface area contributed by atoms with Gasteiger partial charge in [-0.1, -0.05) is 23.7 Å². The molecule has 0 saturated heterocycles. The Morgan fingerprint density at radius 1 is 1.05 bits per heavy atom. The van der Waals surface area contributed by atoms with Crippen molar-refractivity contribution in [2.24, 2.45) is 0 Å². The molecule has 0 aliphatic rings. The lowest BCUT2D eigenvalue weighted by molar-refractivity contribution is 0.0747. The highest BCUT2D eigenvalue weighted by Crippen LogP contribution is 2.21. The lowest BCUT2D eigenvalue weighted by Crippen LogP contribution is -2.13. The number of halogens is 1. The van der Waals surface area contributed by atoms with Gasteiger partial charge in [-0.05, 0) is 42.0 Å². The first-order chi connectivity index (χ1) is 9.49. The normalized spacial score (nSPS) is 12.0. The van der Waals surface area contributed by atoms with Gasteiger partial charge < -0.3 is 10.0 Å². The number of ketones is 1. The van der Waals surface area contributed by atoms with Crippen LogP contribution in [-0.2, 0) is 0 Å². The number of aliphatic hydroxyl groups excluding tert-OH is 1. The highest BCUT2D eigenvalue weighted by Gasteiger charge is 2.19. The third-order valence-electron chi connectivity index (χ3n) is 3.10. The summed E-state index contributed by atoms with van der Waals surface area (Å²) in [5.41, 5.74) is 2.02. The molecule has 20 heavy (non-hydrogen) atoms. The fourth-order valence-corrected chi connectivity index (χ4v) is 2.00. The molecule has 1 N–H and O–H groups in total. The topological polar surface area (TPSA) is 40.5 Å². The Kier molecular flexibility index (Phi) is 4.42. The first kappa shape index (κ1) is 14.6. The molecule has 0 aliphatic heterocycles. The van der Waals surface area contributed by atoms with Gasteiger partial charge in [0.05, 0.1) is 0 Å². The van der Waals surface area contributed by atoms with Crippen molar-refractivity contribution in [1.82, 2.24) is 0 Å². The van der Waals surface area contributed by atoms with E-state index < -0.39 is 6.10 Å². The van der Waals surface area contributed by atoms with Crippen LogP contribution in [0.4, 0.5) is 5.69 Å². The first-order valence-corrected chi connectivity index (χ1v) is 6.62. The van der Waals surface area contributed by atoms with Crippen LogP contribution in [0.3, 0.4) is 0 Å². The number of Topliss-reactive ketones (excluding diaryl/α,β-unsaturated/α-hetero) is 1.